The molecule has 1 unspecified atom stereocenters. The molecule has 3 saturated heterocycles. The number of amides is 1. The molecule has 0 aromatic heterocycles. The molecular formula is C24H27ClN2O5S. The van der Waals surface area contributed by atoms with Gasteiger partial charge in [0.15, 0.2) is 0 Å². The lowest BCUT2D eigenvalue weighted by Crippen LogP contribution is -2.46. The number of hydrogen-bond donors (Lipinski definition) is 0. The van der Waals surface area contributed by atoms with Crippen LogP contribution in [0.1, 0.15) is 25.7 Å². The lowest BCUT2D eigenvalue weighted by molar-refractivity contribution is -0.127. The Hall–Kier alpha value is -2.13. The third kappa shape index (κ3) is 4.25. The van der Waals surface area contributed by atoms with Gasteiger partial charge in [0, 0.05) is 31.7 Å². The molecule has 33 heavy (non-hydrogen) atoms. The Morgan fingerprint density at radius 2 is 1.70 bits per heavy atom. The zero-order valence-electron chi connectivity index (χ0n) is 18.3. The fraction of sp³-hybridized carbons (Fsp3) is 0.458. The molecule has 0 bridgehead atoms. The predicted octanol–water partition coefficient (Wildman–Crippen LogP) is 3.72. The number of halogens is 1. The number of hydrogen-bond acceptors (Lipinski definition) is 5. The number of rotatable bonds is 5. The number of sulfonamides is 1. The Morgan fingerprint density at radius 1 is 1.00 bits per heavy atom. The highest BCUT2D eigenvalue weighted by molar-refractivity contribution is 7.89. The minimum absolute atomic E-state index is 0.0788. The van der Waals surface area contributed by atoms with Crippen molar-refractivity contribution in [1.29, 1.82) is 0 Å². The maximum Gasteiger partial charge on any atom is 0.244 e. The van der Waals surface area contributed by atoms with Gasteiger partial charge >= 0.3 is 0 Å². The van der Waals surface area contributed by atoms with Crippen molar-refractivity contribution in [3.05, 3.63) is 53.6 Å². The molecule has 0 saturated carbocycles. The summed E-state index contributed by atoms with van der Waals surface area (Å²) in [6.07, 6.45) is 2.71. The Labute approximate surface area is 199 Å². The van der Waals surface area contributed by atoms with Gasteiger partial charge in [0.05, 0.1) is 23.7 Å². The Kier molecular flexibility index (Phi) is 6.11. The molecule has 5 rings (SSSR count). The standard InChI is InChI=1S/C24H27ClN2O5S/c25-21-3-1-2-4-22(21)33(29,30)26-13-10-24(11-14-26)12-15-27(23(24)28)18-5-7-19(8-6-18)32-20-9-16-31-17-20/h1-8,20H,9-17H2. The lowest BCUT2D eigenvalue weighted by Gasteiger charge is -2.37. The van der Waals surface area contributed by atoms with Crippen LogP contribution in [0, 0.1) is 5.41 Å². The van der Waals surface area contributed by atoms with Crippen LogP contribution in [0.15, 0.2) is 53.4 Å². The molecule has 0 aliphatic carbocycles. The zero-order chi connectivity index (χ0) is 23.1. The average molecular weight is 491 g/mol. The maximum atomic E-state index is 13.4. The molecule has 3 aliphatic rings. The normalized spacial score (nSPS) is 23.4. The van der Waals surface area contributed by atoms with Gasteiger partial charge in [-0.05, 0) is 55.7 Å². The molecule has 7 nitrogen and oxygen atoms in total. The van der Waals surface area contributed by atoms with Crippen molar-refractivity contribution in [3.8, 4) is 5.75 Å². The maximum absolute atomic E-state index is 13.4. The fourth-order valence-electron chi connectivity index (χ4n) is 4.98. The molecule has 2 aromatic rings. The number of carbonyl (C=O) groups is 1. The van der Waals surface area contributed by atoms with Crippen molar-refractivity contribution in [1.82, 2.24) is 4.31 Å². The highest BCUT2D eigenvalue weighted by Crippen LogP contribution is 2.44. The van der Waals surface area contributed by atoms with E-state index in [4.69, 9.17) is 21.1 Å². The first-order valence-corrected chi connectivity index (χ1v) is 13.1. The molecule has 9 heteroatoms. The highest BCUT2D eigenvalue weighted by Gasteiger charge is 2.50. The summed E-state index contributed by atoms with van der Waals surface area (Å²) in [5, 5.41) is 0.216. The second-order valence-corrected chi connectivity index (χ2v) is 11.2. The van der Waals surface area contributed by atoms with Gasteiger partial charge in [-0.1, -0.05) is 23.7 Å². The monoisotopic (exact) mass is 490 g/mol. The van der Waals surface area contributed by atoms with E-state index in [1.165, 1.54) is 10.4 Å². The summed E-state index contributed by atoms with van der Waals surface area (Å²) < 4.78 is 38.8. The third-order valence-electron chi connectivity index (χ3n) is 6.99. The minimum Gasteiger partial charge on any atom is -0.488 e. The molecule has 0 radical (unpaired) electrons. The SMILES string of the molecule is O=C1N(c2ccc(OC3CCOC3)cc2)CCC12CCN(S(=O)(=O)c1ccccc1Cl)CC2. The molecule has 1 atom stereocenters. The molecule has 3 heterocycles. The summed E-state index contributed by atoms with van der Waals surface area (Å²) in [6.45, 7) is 2.59. The van der Waals surface area contributed by atoms with E-state index < -0.39 is 15.4 Å². The number of carbonyl (C=O) groups excluding carboxylic acids is 1. The van der Waals surface area contributed by atoms with Crippen LogP contribution in [0.5, 0.6) is 5.75 Å². The van der Waals surface area contributed by atoms with Crippen molar-refractivity contribution >= 4 is 33.2 Å². The van der Waals surface area contributed by atoms with Gasteiger partial charge in [-0.2, -0.15) is 4.31 Å². The predicted molar refractivity (Wildman–Crippen MR) is 125 cm³/mol. The van der Waals surface area contributed by atoms with Crippen LogP contribution in [0.2, 0.25) is 5.02 Å². The number of anilines is 1. The summed E-state index contributed by atoms with van der Waals surface area (Å²) in [4.78, 5) is 15.4. The summed E-state index contributed by atoms with van der Waals surface area (Å²) in [7, 11) is -3.68. The van der Waals surface area contributed by atoms with E-state index in [0.717, 1.165) is 30.9 Å². The average Bonchev–Trinajstić information content (AvgIpc) is 3.44. The molecule has 0 N–H and O–H groups in total. The van der Waals surface area contributed by atoms with Gasteiger partial charge in [-0.15, -0.1) is 0 Å². The van der Waals surface area contributed by atoms with E-state index in [9.17, 15) is 13.2 Å². The van der Waals surface area contributed by atoms with Crippen molar-refractivity contribution < 1.29 is 22.7 Å². The quantitative estimate of drug-likeness (QED) is 0.638. The molecular weight excluding hydrogens is 464 g/mol. The molecule has 1 spiro atoms. The van der Waals surface area contributed by atoms with E-state index in [1.54, 1.807) is 18.2 Å². The topological polar surface area (TPSA) is 76.2 Å². The summed E-state index contributed by atoms with van der Waals surface area (Å²) in [5.74, 6) is 0.851. The number of benzene rings is 2. The van der Waals surface area contributed by atoms with E-state index in [0.29, 0.717) is 39.1 Å². The van der Waals surface area contributed by atoms with E-state index in [1.807, 2.05) is 29.2 Å². The highest BCUT2D eigenvalue weighted by atomic mass is 35.5. The second kappa shape index (κ2) is 8.91. The first kappa shape index (κ1) is 22.7. The molecule has 3 fully saturated rings. The Bertz CT molecular complexity index is 1120. The van der Waals surface area contributed by atoms with E-state index >= 15 is 0 Å². The fourth-order valence-corrected chi connectivity index (χ4v) is 6.92. The number of ether oxygens (including phenoxy) is 2. The number of nitrogens with zero attached hydrogens (tertiary/aromatic N) is 2. The van der Waals surface area contributed by atoms with Crippen LogP contribution in [0.3, 0.4) is 0 Å². The summed E-state index contributed by atoms with van der Waals surface area (Å²) in [6, 6.07) is 14.1. The third-order valence-corrected chi connectivity index (χ3v) is 9.38. The van der Waals surface area contributed by atoms with Gasteiger partial charge in [0.25, 0.3) is 0 Å². The first-order valence-electron chi connectivity index (χ1n) is 11.3. The minimum atomic E-state index is -3.68. The Morgan fingerprint density at radius 3 is 2.36 bits per heavy atom. The van der Waals surface area contributed by atoms with Crippen LogP contribution in [-0.4, -0.2) is 57.6 Å². The molecule has 1 amide bonds. The van der Waals surface area contributed by atoms with Gasteiger partial charge in [-0.25, -0.2) is 8.42 Å². The van der Waals surface area contributed by atoms with Gasteiger partial charge in [0.2, 0.25) is 15.9 Å². The number of piperidine rings is 1. The van der Waals surface area contributed by atoms with Gasteiger partial charge < -0.3 is 14.4 Å². The largest absolute Gasteiger partial charge is 0.488 e. The van der Waals surface area contributed by atoms with E-state index in [-0.39, 0.29) is 21.9 Å². The zero-order valence-corrected chi connectivity index (χ0v) is 19.9. The summed E-state index contributed by atoms with van der Waals surface area (Å²) >= 11 is 6.14. The van der Waals surface area contributed by atoms with Crippen molar-refractivity contribution in [2.24, 2.45) is 5.41 Å². The van der Waals surface area contributed by atoms with Gasteiger partial charge in [0.1, 0.15) is 16.7 Å². The van der Waals surface area contributed by atoms with Crippen LogP contribution in [-0.2, 0) is 19.6 Å². The Balaban J connectivity index is 1.25. The molecule has 176 valence electrons. The first-order chi connectivity index (χ1) is 15.9. The van der Waals surface area contributed by atoms with Crippen LogP contribution in [0.4, 0.5) is 5.69 Å². The van der Waals surface area contributed by atoms with Crippen molar-refractivity contribution in [2.45, 2.75) is 36.7 Å². The summed E-state index contributed by atoms with van der Waals surface area (Å²) in [5.41, 5.74) is 0.334. The second-order valence-electron chi connectivity index (χ2n) is 8.92. The molecule has 2 aromatic carbocycles. The van der Waals surface area contributed by atoms with Crippen LogP contribution >= 0.6 is 11.6 Å². The smallest absolute Gasteiger partial charge is 0.244 e. The van der Waals surface area contributed by atoms with Crippen LogP contribution < -0.4 is 9.64 Å². The van der Waals surface area contributed by atoms with Crippen molar-refractivity contribution in [3.63, 3.8) is 0 Å². The lowest BCUT2D eigenvalue weighted by atomic mass is 9.77. The van der Waals surface area contributed by atoms with Gasteiger partial charge in [-0.3, -0.25) is 4.79 Å². The van der Waals surface area contributed by atoms with Crippen LogP contribution in [0.25, 0.3) is 0 Å². The van der Waals surface area contributed by atoms with E-state index in [2.05, 4.69) is 0 Å². The molecule has 3 aliphatic heterocycles. The van der Waals surface area contributed by atoms with Crippen molar-refractivity contribution in [2.75, 3.05) is 37.7 Å².